The highest BCUT2D eigenvalue weighted by Gasteiger charge is 2.10. The number of carbonyl (C=O) groups is 1. The van der Waals surface area contributed by atoms with E-state index in [0.717, 1.165) is 22.2 Å². The maximum Gasteiger partial charge on any atom is 0.272 e. The minimum absolute atomic E-state index is 0.178. The van der Waals surface area contributed by atoms with Crippen molar-refractivity contribution in [1.82, 2.24) is 24.8 Å². The first kappa shape index (κ1) is 15.3. The number of H-pyrrole nitrogens is 1. The van der Waals surface area contributed by atoms with Crippen LogP contribution in [0.25, 0.3) is 27.8 Å². The van der Waals surface area contributed by atoms with Crippen molar-refractivity contribution in [2.45, 2.75) is 0 Å². The lowest BCUT2D eigenvalue weighted by Crippen LogP contribution is -2.12. The van der Waals surface area contributed by atoms with Crippen molar-refractivity contribution in [3.8, 4) is 11.3 Å². The highest BCUT2D eigenvalue weighted by molar-refractivity contribution is 6.06. The van der Waals surface area contributed by atoms with Gasteiger partial charge in [0.15, 0.2) is 5.65 Å². The number of nitrogens with one attached hydrogen (secondary N) is 2. The van der Waals surface area contributed by atoms with Crippen molar-refractivity contribution in [3.63, 3.8) is 0 Å². The third-order valence-corrected chi connectivity index (χ3v) is 4.37. The SMILES string of the molecule is O=C(Nc1ccc(-c2ccc3nncn3n2)cc1)c1cc2ccccc2[nH]1. The zero-order chi connectivity index (χ0) is 18.2. The van der Waals surface area contributed by atoms with Crippen LogP contribution in [-0.4, -0.2) is 30.7 Å². The van der Waals surface area contributed by atoms with Gasteiger partial charge in [-0.1, -0.05) is 30.3 Å². The average molecular weight is 354 g/mol. The van der Waals surface area contributed by atoms with E-state index in [4.69, 9.17) is 0 Å². The van der Waals surface area contributed by atoms with E-state index in [1.807, 2.05) is 66.7 Å². The molecule has 27 heavy (non-hydrogen) atoms. The molecule has 0 aliphatic heterocycles. The van der Waals surface area contributed by atoms with Crippen molar-refractivity contribution in [3.05, 3.63) is 78.8 Å². The Morgan fingerprint density at radius 2 is 1.85 bits per heavy atom. The van der Waals surface area contributed by atoms with Gasteiger partial charge in [0.05, 0.1) is 5.69 Å². The van der Waals surface area contributed by atoms with Crippen LogP contribution in [0.4, 0.5) is 5.69 Å². The molecule has 2 N–H and O–H groups in total. The van der Waals surface area contributed by atoms with Crippen LogP contribution in [0.1, 0.15) is 10.5 Å². The van der Waals surface area contributed by atoms with Gasteiger partial charge in [0, 0.05) is 22.2 Å². The molecule has 0 atom stereocenters. The van der Waals surface area contributed by atoms with Gasteiger partial charge < -0.3 is 10.3 Å². The van der Waals surface area contributed by atoms with E-state index in [1.165, 1.54) is 0 Å². The Morgan fingerprint density at radius 1 is 1.00 bits per heavy atom. The molecule has 3 heterocycles. The molecule has 0 fully saturated rings. The number of rotatable bonds is 3. The van der Waals surface area contributed by atoms with Gasteiger partial charge in [-0.05, 0) is 36.4 Å². The van der Waals surface area contributed by atoms with Gasteiger partial charge in [-0.25, -0.2) is 0 Å². The Balaban J connectivity index is 1.37. The molecule has 5 rings (SSSR count). The molecule has 0 saturated carbocycles. The van der Waals surface area contributed by atoms with E-state index in [0.29, 0.717) is 17.0 Å². The minimum Gasteiger partial charge on any atom is -0.351 e. The van der Waals surface area contributed by atoms with Crippen LogP contribution in [0.3, 0.4) is 0 Å². The third kappa shape index (κ3) is 2.81. The van der Waals surface area contributed by atoms with Gasteiger partial charge in [0.25, 0.3) is 5.91 Å². The second-order valence-corrected chi connectivity index (χ2v) is 6.15. The van der Waals surface area contributed by atoms with Gasteiger partial charge in [-0.2, -0.15) is 9.61 Å². The Kier molecular flexibility index (Phi) is 3.43. The molecule has 0 aliphatic rings. The molecule has 7 nitrogen and oxygen atoms in total. The number of amides is 1. The smallest absolute Gasteiger partial charge is 0.272 e. The molecule has 2 aromatic carbocycles. The van der Waals surface area contributed by atoms with Gasteiger partial charge >= 0.3 is 0 Å². The van der Waals surface area contributed by atoms with E-state index in [2.05, 4.69) is 25.6 Å². The predicted molar refractivity (Wildman–Crippen MR) is 102 cm³/mol. The van der Waals surface area contributed by atoms with Gasteiger partial charge in [0.1, 0.15) is 12.0 Å². The van der Waals surface area contributed by atoms with E-state index in [-0.39, 0.29) is 5.91 Å². The molecule has 0 radical (unpaired) electrons. The zero-order valence-electron chi connectivity index (χ0n) is 14.1. The quantitative estimate of drug-likeness (QED) is 0.519. The number of aromatic amines is 1. The fourth-order valence-corrected chi connectivity index (χ4v) is 3.00. The number of carbonyl (C=O) groups excluding carboxylic acids is 1. The molecule has 5 aromatic rings. The summed E-state index contributed by atoms with van der Waals surface area (Å²) >= 11 is 0. The Bertz CT molecular complexity index is 1240. The standard InChI is InChI=1S/C20H14N6O/c27-20(18-11-14-3-1-2-4-16(14)23-18)22-15-7-5-13(6-8-15)17-9-10-19-24-21-12-26(19)25-17/h1-12,23H,(H,22,27). The fourth-order valence-electron chi connectivity index (χ4n) is 3.00. The fraction of sp³-hybridized carbons (Fsp3) is 0. The first-order chi connectivity index (χ1) is 13.3. The summed E-state index contributed by atoms with van der Waals surface area (Å²) in [6.45, 7) is 0. The average Bonchev–Trinajstić information content (AvgIpc) is 3.34. The maximum absolute atomic E-state index is 12.5. The minimum atomic E-state index is -0.178. The van der Waals surface area contributed by atoms with Crippen LogP contribution in [0, 0.1) is 0 Å². The second-order valence-electron chi connectivity index (χ2n) is 6.15. The molecule has 0 unspecified atom stereocenters. The highest BCUT2D eigenvalue weighted by atomic mass is 16.1. The van der Waals surface area contributed by atoms with E-state index >= 15 is 0 Å². The van der Waals surface area contributed by atoms with E-state index in [9.17, 15) is 4.79 Å². The summed E-state index contributed by atoms with van der Waals surface area (Å²) in [5.41, 5.74) is 4.62. The summed E-state index contributed by atoms with van der Waals surface area (Å²) in [4.78, 5) is 15.6. The summed E-state index contributed by atoms with van der Waals surface area (Å²) in [5.74, 6) is -0.178. The lowest BCUT2D eigenvalue weighted by molar-refractivity contribution is 0.102. The highest BCUT2D eigenvalue weighted by Crippen LogP contribution is 2.21. The van der Waals surface area contributed by atoms with Crippen LogP contribution in [-0.2, 0) is 0 Å². The van der Waals surface area contributed by atoms with Crippen molar-refractivity contribution in [1.29, 1.82) is 0 Å². The number of hydrogen-bond acceptors (Lipinski definition) is 4. The van der Waals surface area contributed by atoms with Crippen molar-refractivity contribution in [2.75, 3.05) is 5.32 Å². The summed E-state index contributed by atoms with van der Waals surface area (Å²) in [6, 6.07) is 20.9. The molecule has 0 bridgehead atoms. The first-order valence-corrected chi connectivity index (χ1v) is 8.43. The molecule has 3 aromatic heterocycles. The monoisotopic (exact) mass is 354 g/mol. The number of hydrogen-bond donors (Lipinski definition) is 2. The van der Waals surface area contributed by atoms with Crippen LogP contribution < -0.4 is 5.32 Å². The van der Waals surface area contributed by atoms with E-state index in [1.54, 1.807) is 10.8 Å². The number of para-hydroxylation sites is 1. The molecule has 0 spiro atoms. The number of nitrogens with zero attached hydrogens (tertiary/aromatic N) is 4. The lowest BCUT2D eigenvalue weighted by atomic mass is 10.1. The Labute approximate surface area is 153 Å². The topological polar surface area (TPSA) is 88.0 Å². The van der Waals surface area contributed by atoms with Crippen LogP contribution >= 0.6 is 0 Å². The normalized spacial score (nSPS) is 11.1. The molecule has 130 valence electrons. The lowest BCUT2D eigenvalue weighted by Gasteiger charge is -2.06. The first-order valence-electron chi connectivity index (χ1n) is 8.43. The number of benzene rings is 2. The maximum atomic E-state index is 12.5. The summed E-state index contributed by atoms with van der Waals surface area (Å²) in [7, 11) is 0. The zero-order valence-corrected chi connectivity index (χ0v) is 14.1. The van der Waals surface area contributed by atoms with Crippen molar-refractivity contribution in [2.24, 2.45) is 0 Å². The van der Waals surface area contributed by atoms with Gasteiger partial charge in [-0.15, -0.1) is 10.2 Å². The van der Waals surface area contributed by atoms with Crippen LogP contribution in [0.15, 0.2) is 73.1 Å². The van der Waals surface area contributed by atoms with Crippen LogP contribution in [0.5, 0.6) is 0 Å². The molecule has 1 amide bonds. The Hall–Kier alpha value is -4.00. The molecular formula is C20H14N6O. The summed E-state index contributed by atoms with van der Waals surface area (Å²) in [6.07, 6.45) is 1.56. The largest absolute Gasteiger partial charge is 0.351 e. The summed E-state index contributed by atoms with van der Waals surface area (Å²) < 4.78 is 1.63. The van der Waals surface area contributed by atoms with Crippen molar-refractivity contribution >= 4 is 28.1 Å². The molecular weight excluding hydrogens is 340 g/mol. The number of anilines is 1. The molecule has 0 aliphatic carbocycles. The molecule has 0 saturated heterocycles. The number of aromatic nitrogens is 5. The second kappa shape index (κ2) is 6.06. The molecule has 7 heteroatoms. The van der Waals surface area contributed by atoms with Gasteiger partial charge in [-0.3, -0.25) is 4.79 Å². The number of fused-ring (bicyclic) bond motifs is 2. The predicted octanol–water partition coefficient (Wildman–Crippen LogP) is 3.52. The van der Waals surface area contributed by atoms with Gasteiger partial charge in [0.2, 0.25) is 0 Å². The van der Waals surface area contributed by atoms with Crippen molar-refractivity contribution < 1.29 is 4.79 Å². The van der Waals surface area contributed by atoms with E-state index < -0.39 is 0 Å². The summed E-state index contributed by atoms with van der Waals surface area (Å²) in [5, 5.41) is 16.2. The van der Waals surface area contributed by atoms with Crippen LogP contribution in [0.2, 0.25) is 0 Å². The third-order valence-electron chi connectivity index (χ3n) is 4.37. The Morgan fingerprint density at radius 3 is 2.70 bits per heavy atom.